The maximum absolute atomic E-state index is 12.2. The van der Waals surface area contributed by atoms with Gasteiger partial charge in [-0.3, -0.25) is 4.79 Å². The molecule has 22 heavy (non-hydrogen) atoms. The molecular weight excluding hydrogens is 298 g/mol. The number of benzene rings is 2. The van der Waals surface area contributed by atoms with Crippen LogP contribution in [0, 0.1) is 0 Å². The van der Waals surface area contributed by atoms with E-state index in [1.165, 1.54) is 0 Å². The molecule has 0 aliphatic heterocycles. The van der Waals surface area contributed by atoms with Crippen molar-refractivity contribution in [3.05, 3.63) is 48.5 Å². The Morgan fingerprint density at radius 2 is 1.82 bits per heavy atom. The van der Waals surface area contributed by atoms with Crippen molar-refractivity contribution in [1.29, 1.82) is 0 Å². The summed E-state index contributed by atoms with van der Waals surface area (Å²) in [5.74, 6) is 1.19. The van der Waals surface area contributed by atoms with Crippen LogP contribution < -0.4 is 14.8 Å². The van der Waals surface area contributed by atoms with Gasteiger partial charge >= 0.3 is 0 Å². The SMILES string of the molecule is COc1ccc(OC(C)C(=O)Nc2cccc(SC)c2)cc1. The first-order valence-electron chi connectivity index (χ1n) is 6.88. The van der Waals surface area contributed by atoms with Crippen molar-refractivity contribution in [3.63, 3.8) is 0 Å². The zero-order chi connectivity index (χ0) is 15.9. The van der Waals surface area contributed by atoms with Crippen molar-refractivity contribution in [2.24, 2.45) is 0 Å². The molecular formula is C17H19NO3S. The highest BCUT2D eigenvalue weighted by molar-refractivity contribution is 7.98. The summed E-state index contributed by atoms with van der Waals surface area (Å²) in [6.07, 6.45) is 1.41. The normalized spacial score (nSPS) is 11.6. The smallest absolute Gasteiger partial charge is 0.265 e. The summed E-state index contributed by atoms with van der Waals surface area (Å²) >= 11 is 1.63. The Hall–Kier alpha value is -2.14. The van der Waals surface area contributed by atoms with Gasteiger partial charge in [-0.05, 0) is 55.6 Å². The summed E-state index contributed by atoms with van der Waals surface area (Å²) in [6.45, 7) is 1.72. The van der Waals surface area contributed by atoms with E-state index in [0.717, 1.165) is 16.3 Å². The van der Waals surface area contributed by atoms with Crippen LogP contribution in [0.25, 0.3) is 0 Å². The molecule has 0 saturated heterocycles. The molecule has 4 nitrogen and oxygen atoms in total. The van der Waals surface area contributed by atoms with Crippen LogP contribution in [-0.4, -0.2) is 25.4 Å². The van der Waals surface area contributed by atoms with Gasteiger partial charge in [0.2, 0.25) is 0 Å². The van der Waals surface area contributed by atoms with Crippen molar-refractivity contribution < 1.29 is 14.3 Å². The maximum atomic E-state index is 12.2. The second-order valence-corrected chi connectivity index (χ2v) is 5.54. The monoisotopic (exact) mass is 317 g/mol. The number of hydrogen-bond donors (Lipinski definition) is 1. The average Bonchev–Trinajstić information content (AvgIpc) is 2.55. The van der Waals surface area contributed by atoms with E-state index in [4.69, 9.17) is 9.47 Å². The third-order valence-corrected chi connectivity index (χ3v) is 3.80. The lowest BCUT2D eigenvalue weighted by Gasteiger charge is -2.15. The minimum Gasteiger partial charge on any atom is -0.497 e. The lowest BCUT2D eigenvalue weighted by Crippen LogP contribution is -2.30. The van der Waals surface area contributed by atoms with Crippen molar-refractivity contribution in [2.45, 2.75) is 17.9 Å². The Balaban J connectivity index is 1.96. The molecule has 116 valence electrons. The summed E-state index contributed by atoms with van der Waals surface area (Å²) in [4.78, 5) is 13.3. The van der Waals surface area contributed by atoms with Crippen LogP contribution >= 0.6 is 11.8 Å². The molecule has 0 aliphatic carbocycles. The van der Waals surface area contributed by atoms with Gasteiger partial charge in [0.25, 0.3) is 5.91 Å². The van der Waals surface area contributed by atoms with Gasteiger partial charge < -0.3 is 14.8 Å². The molecule has 0 bridgehead atoms. The average molecular weight is 317 g/mol. The second kappa shape index (κ2) is 7.75. The van der Waals surface area contributed by atoms with Crippen LogP contribution in [0.5, 0.6) is 11.5 Å². The van der Waals surface area contributed by atoms with Crippen molar-refractivity contribution in [2.75, 3.05) is 18.7 Å². The van der Waals surface area contributed by atoms with E-state index in [0.29, 0.717) is 5.75 Å². The van der Waals surface area contributed by atoms with E-state index in [2.05, 4.69) is 5.32 Å². The first-order valence-corrected chi connectivity index (χ1v) is 8.10. The third-order valence-electron chi connectivity index (χ3n) is 3.08. The minimum atomic E-state index is -0.591. The zero-order valence-corrected chi connectivity index (χ0v) is 13.6. The van der Waals surface area contributed by atoms with Crippen LogP contribution in [0.15, 0.2) is 53.4 Å². The largest absolute Gasteiger partial charge is 0.497 e. The highest BCUT2D eigenvalue weighted by Crippen LogP contribution is 2.20. The molecule has 0 fully saturated rings. The Morgan fingerprint density at radius 3 is 2.45 bits per heavy atom. The number of hydrogen-bond acceptors (Lipinski definition) is 4. The maximum Gasteiger partial charge on any atom is 0.265 e. The molecule has 2 aromatic rings. The summed E-state index contributed by atoms with van der Waals surface area (Å²) in [7, 11) is 1.61. The predicted octanol–water partition coefficient (Wildman–Crippen LogP) is 3.82. The number of rotatable bonds is 6. The third kappa shape index (κ3) is 4.43. The van der Waals surface area contributed by atoms with E-state index in [1.807, 2.05) is 30.5 Å². The zero-order valence-electron chi connectivity index (χ0n) is 12.8. The molecule has 1 unspecified atom stereocenters. The number of carbonyl (C=O) groups excluding carboxylic acids is 1. The summed E-state index contributed by atoms with van der Waals surface area (Å²) < 4.78 is 10.7. The lowest BCUT2D eigenvalue weighted by molar-refractivity contribution is -0.122. The number of ether oxygens (including phenoxy) is 2. The van der Waals surface area contributed by atoms with Gasteiger partial charge in [0.1, 0.15) is 11.5 Å². The van der Waals surface area contributed by atoms with E-state index in [1.54, 1.807) is 50.1 Å². The van der Waals surface area contributed by atoms with Crippen LogP contribution in [0.3, 0.4) is 0 Å². The quantitative estimate of drug-likeness (QED) is 0.823. The number of anilines is 1. The topological polar surface area (TPSA) is 47.6 Å². The molecule has 0 aromatic heterocycles. The van der Waals surface area contributed by atoms with Gasteiger partial charge in [0, 0.05) is 10.6 Å². The molecule has 2 rings (SSSR count). The number of thioether (sulfide) groups is 1. The number of amides is 1. The van der Waals surface area contributed by atoms with Crippen molar-refractivity contribution in [1.82, 2.24) is 0 Å². The molecule has 0 spiro atoms. The first kappa shape index (κ1) is 16.2. The second-order valence-electron chi connectivity index (χ2n) is 4.66. The van der Waals surface area contributed by atoms with Gasteiger partial charge in [-0.2, -0.15) is 0 Å². The fraction of sp³-hybridized carbons (Fsp3) is 0.235. The van der Waals surface area contributed by atoms with Gasteiger partial charge in [0.15, 0.2) is 6.10 Å². The molecule has 0 radical (unpaired) electrons. The number of nitrogens with one attached hydrogen (secondary N) is 1. The fourth-order valence-electron chi connectivity index (χ4n) is 1.86. The van der Waals surface area contributed by atoms with Crippen LogP contribution in [0.1, 0.15) is 6.92 Å². The molecule has 1 atom stereocenters. The van der Waals surface area contributed by atoms with E-state index in [-0.39, 0.29) is 5.91 Å². The molecule has 1 N–H and O–H groups in total. The summed E-state index contributed by atoms with van der Waals surface area (Å²) in [6, 6.07) is 14.8. The van der Waals surface area contributed by atoms with Gasteiger partial charge in [0.05, 0.1) is 7.11 Å². The Labute approximate surface area is 134 Å². The summed E-state index contributed by atoms with van der Waals surface area (Å²) in [5.41, 5.74) is 0.766. The van der Waals surface area contributed by atoms with Gasteiger partial charge in [-0.15, -0.1) is 11.8 Å². The molecule has 5 heteroatoms. The minimum absolute atomic E-state index is 0.186. The van der Waals surface area contributed by atoms with E-state index in [9.17, 15) is 4.79 Å². The van der Waals surface area contributed by atoms with E-state index >= 15 is 0 Å². The van der Waals surface area contributed by atoms with Crippen molar-refractivity contribution >= 4 is 23.4 Å². The Kier molecular flexibility index (Phi) is 5.72. The molecule has 2 aromatic carbocycles. The first-order chi connectivity index (χ1) is 10.6. The van der Waals surface area contributed by atoms with Crippen molar-refractivity contribution in [3.8, 4) is 11.5 Å². The van der Waals surface area contributed by atoms with Gasteiger partial charge in [-0.1, -0.05) is 6.07 Å². The van der Waals surface area contributed by atoms with Crippen LogP contribution in [-0.2, 0) is 4.79 Å². The predicted molar refractivity (Wildman–Crippen MR) is 89.9 cm³/mol. The van der Waals surface area contributed by atoms with Gasteiger partial charge in [-0.25, -0.2) is 0 Å². The van der Waals surface area contributed by atoms with E-state index < -0.39 is 6.10 Å². The molecule has 0 aliphatic rings. The highest BCUT2D eigenvalue weighted by Gasteiger charge is 2.15. The Bertz CT molecular complexity index is 628. The molecule has 1 amide bonds. The number of carbonyl (C=O) groups is 1. The lowest BCUT2D eigenvalue weighted by atomic mass is 10.3. The fourth-order valence-corrected chi connectivity index (χ4v) is 2.32. The van der Waals surface area contributed by atoms with Crippen LogP contribution in [0.4, 0.5) is 5.69 Å². The van der Waals surface area contributed by atoms with Crippen LogP contribution in [0.2, 0.25) is 0 Å². The highest BCUT2D eigenvalue weighted by atomic mass is 32.2. The standard InChI is InChI=1S/C17H19NO3S/c1-12(21-15-9-7-14(20-2)8-10-15)17(19)18-13-5-4-6-16(11-13)22-3/h4-12H,1-3H3,(H,18,19). The number of methoxy groups -OCH3 is 1. The summed E-state index contributed by atoms with van der Waals surface area (Å²) in [5, 5.41) is 2.86. The molecule has 0 heterocycles. The Morgan fingerprint density at radius 1 is 1.14 bits per heavy atom. The molecule has 0 saturated carbocycles.